The van der Waals surface area contributed by atoms with Crippen LogP contribution in [0.5, 0.6) is 17.2 Å². The average molecular weight is 563 g/mol. The van der Waals surface area contributed by atoms with Gasteiger partial charge in [0.15, 0.2) is 11.5 Å². The Bertz CT molecular complexity index is 982. The number of nitrogens with one attached hydrogen (secondary N) is 1. The molecule has 0 saturated carbocycles. The van der Waals surface area contributed by atoms with E-state index < -0.39 is 6.10 Å². The van der Waals surface area contributed by atoms with Gasteiger partial charge in [0, 0.05) is 36.1 Å². The molecule has 0 aliphatic heterocycles. The van der Waals surface area contributed by atoms with Gasteiger partial charge in [0.05, 0.1) is 14.2 Å². The number of H-pyrrole nitrogens is 1. The van der Waals surface area contributed by atoms with Crippen LogP contribution in [0.25, 0.3) is 11.4 Å². The molecule has 0 spiro atoms. The molecule has 0 aliphatic carbocycles. The van der Waals surface area contributed by atoms with Crippen LogP contribution in [0.2, 0.25) is 0 Å². The molecule has 0 radical (unpaired) electrons. The van der Waals surface area contributed by atoms with Crippen molar-refractivity contribution in [1.82, 2.24) is 9.97 Å². The summed E-state index contributed by atoms with van der Waals surface area (Å²) in [4.78, 5) is 9.73. The predicted octanol–water partition coefficient (Wildman–Crippen LogP) is 5.27. The van der Waals surface area contributed by atoms with Crippen LogP contribution in [-0.2, 0) is 0 Å². The van der Waals surface area contributed by atoms with E-state index in [1.54, 1.807) is 14.2 Å². The van der Waals surface area contributed by atoms with Crippen LogP contribution in [0, 0.1) is 6.92 Å². The van der Waals surface area contributed by atoms with Crippen LogP contribution in [0.4, 0.5) is 5.69 Å². The summed E-state index contributed by atoms with van der Waals surface area (Å²) in [6.07, 6.45) is -0.656. The Balaban J connectivity index is 0.00000272. The summed E-state index contributed by atoms with van der Waals surface area (Å²) in [5.74, 6) is 2.82. The normalized spacial score (nSPS) is 11.1. The van der Waals surface area contributed by atoms with E-state index in [1.807, 2.05) is 56.3 Å². The summed E-state index contributed by atoms with van der Waals surface area (Å²) >= 11 is 3.41. The lowest BCUT2D eigenvalue weighted by molar-refractivity contribution is 0.112. The maximum atomic E-state index is 10.5. The van der Waals surface area contributed by atoms with Crippen molar-refractivity contribution in [3.05, 3.63) is 52.8 Å². The predicted molar refractivity (Wildman–Crippen MR) is 140 cm³/mol. The molecular formula is C23H30BrCl2N3O4. The zero-order valence-corrected chi connectivity index (χ0v) is 22.2. The van der Waals surface area contributed by atoms with Gasteiger partial charge in [-0.2, -0.15) is 0 Å². The molecular weight excluding hydrogens is 533 g/mol. The van der Waals surface area contributed by atoms with Gasteiger partial charge in [-0.1, -0.05) is 0 Å². The van der Waals surface area contributed by atoms with Gasteiger partial charge in [-0.3, -0.25) is 0 Å². The monoisotopic (exact) mass is 561 g/mol. The van der Waals surface area contributed by atoms with Gasteiger partial charge in [-0.15, -0.1) is 24.8 Å². The van der Waals surface area contributed by atoms with Crippen LogP contribution in [0.3, 0.4) is 0 Å². The highest BCUT2D eigenvalue weighted by atomic mass is 79.9. The third-order valence-corrected chi connectivity index (χ3v) is 5.71. The van der Waals surface area contributed by atoms with E-state index >= 15 is 0 Å². The summed E-state index contributed by atoms with van der Waals surface area (Å²) in [6, 6.07) is 13.3. The second-order valence-electron chi connectivity index (χ2n) is 7.07. The average Bonchev–Trinajstić information content (AvgIpc) is 3.14. The zero-order chi connectivity index (χ0) is 22.4. The SMILES string of the molecule is CCN(CC(O)COc1ccc(-c2nc(Br)c(C)[nH]2)cc1)c1ccc(OC)c(OC)c1.Cl.Cl. The molecule has 0 bridgehead atoms. The highest BCUT2D eigenvalue weighted by molar-refractivity contribution is 9.10. The van der Waals surface area contributed by atoms with Crippen molar-refractivity contribution < 1.29 is 19.3 Å². The molecule has 3 rings (SSSR count). The number of ether oxygens (including phenoxy) is 3. The van der Waals surface area contributed by atoms with Crippen molar-refractivity contribution in [2.45, 2.75) is 20.0 Å². The standard InChI is InChI=1S/C23H28BrN3O4.2ClH/c1-5-27(17-8-11-20(29-3)21(12-17)30-4)13-18(28)14-31-19-9-6-16(7-10-19)23-25-15(2)22(24)26-23;;/h6-12,18,28H,5,13-14H2,1-4H3,(H,25,26);2*1H. The number of halogens is 3. The molecule has 0 saturated heterocycles. The zero-order valence-electron chi connectivity index (χ0n) is 19.0. The Morgan fingerprint density at radius 2 is 1.73 bits per heavy atom. The third-order valence-electron chi connectivity index (χ3n) is 4.94. The molecule has 1 atom stereocenters. The van der Waals surface area contributed by atoms with Gasteiger partial charge < -0.3 is 29.2 Å². The van der Waals surface area contributed by atoms with E-state index in [9.17, 15) is 5.11 Å². The fraction of sp³-hybridized carbons (Fsp3) is 0.348. The van der Waals surface area contributed by atoms with Crippen LogP contribution < -0.4 is 19.1 Å². The molecule has 0 fully saturated rings. The number of aromatic nitrogens is 2. The van der Waals surface area contributed by atoms with Crippen molar-refractivity contribution in [3.63, 3.8) is 0 Å². The molecule has 1 unspecified atom stereocenters. The Morgan fingerprint density at radius 1 is 1.06 bits per heavy atom. The first-order chi connectivity index (χ1) is 14.9. The summed E-state index contributed by atoms with van der Waals surface area (Å²) in [5, 5.41) is 10.5. The maximum absolute atomic E-state index is 10.5. The molecule has 2 aromatic carbocycles. The molecule has 2 N–H and O–H groups in total. The lowest BCUT2D eigenvalue weighted by Gasteiger charge is -2.26. The number of aryl methyl sites for hydroxylation is 1. The smallest absolute Gasteiger partial charge is 0.162 e. The molecule has 182 valence electrons. The van der Waals surface area contributed by atoms with Crippen LogP contribution >= 0.6 is 40.7 Å². The van der Waals surface area contributed by atoms with Crippen molar-refractivity contribution in [2.24, 2.45) is 0 Å². The first-order valence-electron chi connectivity index (χ1n) is 10.1. The van der Waals surface area contributed by atoms with E-state index in [1.165, 1.54) is 0 Å². The van der Waals surface area contributed by atoms with E-state index in [-0.39, 0.29) is 31.4 Å². The fourth-order valence-electron chi connectivity index (χ4n) is 3.22. The Hall–Kier alpha value is -2.13. The number of rotatable bonds is 10. The molecule has 0 aliphatic rings. The molecule has 1 heterocycles. The molecule has 7 nitrogen and oxygen atoms in total. The summed E-state index contributed by atoms with van der Waals surface area (Å²) in [7, 11) is 3.22. The van der Waals surface area contributed by atoms with Gasteiger partial charge in [0.2, 0.25) is 0 Å². The molecule has 0 amide bonds. The fourth-order valence-corrected chi connectivity index (χ4v) is 3.50. The van der Waals surface area contributed by atoms with Crippen molar-refractivity contribution in [1.29, 1.82) is 0 Å². The van der Waals surface area contributed by atoms with Gasteiger partial charge in [-0.05, 0) is 66.2 Å². The number of likely N-dealkylation sites (N-methyl/N-ethyl adjacent to an activating group) is 1. The highest BCUT2D eigenvalue weighted by Gasteiger charge is 2.15. The second kappa shape index (κ2) is 13.5. The minimum absolute atomic E-state index is 0. The van der Waals surface area contributed by atoms with E-state index in [2.05, 4.69) is 30.8 Å². The first-order valence-corrected chi connectivity index (χ1v) is 10.8. The summed E-state index contributed by atoms with van der Waals surface area (Å²) < 4.78 is 17.3. The van der Waals surface area contributed by atoms with Crippen molar-refractivity contribution in [3.8, 4) is 28.6 Å². The van der Waals surface area contributed by atoms with Gasteiger partial charge in [0.25, 0.3) is 0 Å². The van der Waals surface area contributed by atoms with E-state index in [0.29, 0.717) is 23.8 Å². The van der Waals surface area contributed by atoms with Gasteiger partial charge in [-0.25, -0.2) is 4.98 Å². The molecule has 33 heavy (non-hydrogen) atoms. The minimum atomic E-state index is -0.656. The maximum Gasteiger partial charge on any atom is 0.162 e. The number of aromatic amines is 1. The minimum Gasteiger partial charge on any atom is -0.493 e. The molecule has 10 heteroatoms. The third kappa shape index (κ3) is 7.43. The van der Waals surface area contributed by atoms with Crippen molar-refractivity contribution in [2.75, 3.05) is 38.8 Å². The molecule has 1 aromatic heterocycles. The number of imidazole rings is 1. The van der Waals surface area contributed by atoms with Crippen LogP contribution in [0.1, 0.15) is 12.6 Å². The quantitative estimate of drug-likeness (QED) is 0.350. The second-order valence-corrected chi connectivity index (χ2v) is 7.82. The number of benzene rings is 2. The largest absolute Gasteiger partial charge is 0.493 e. The van der Waals surface area contributed by atoms with Crippen LogP contribution in [0.15, 0.2) is 47.1 Å². The number of hydrogen-bond acceptors (Lipinski definition) is 6. The number of methoxy groups -OCH3 is 2. The van der Waals surface area contributed by atoms with Gasteiger partial charge in [0.1, 0.15) is 28.9 Å². The van der Waals surface area contributed by atoms with Gasteiger partial charge >= 0.3 is 0 Å². The number of aliphatic hydroxyl groups is 1. The number of hydrogen-bond donors (Lipinski definition) is 2. The number of anilines is 1. The summed E-state index contributed by atoms with van der Waals surface area (Å²) in [5.41, 5.74) is 2.89. The van der Waals surface area contributed by atoms with Crippen LogP contribution in [-0.4, -0.2) is 55.1 Å². The van der Waals surface area contributed by atoms with Crippen molar-refractivity contribution >= 4 is 46.4 Å². The Kier molecular flexibility index (Phi) is 11.9. The number of nitrogens with zero attached hydrogens (tertiary/aromatic N) is 2. The first kappa shape index (κ1) is 28.9. The number of aliphatic hydroxyl groups excluding tert-OH is 1. The van der Waals surface area contributed by atoms with E-state index in [4.69, 9.17) is 14.2 Å². The Morgan fingerprint density at radius 3 is 2.27 bits per heavy atom. The lowest BCUT2D eigenvalue weighted by Crippen LogP contribution is -2.35. The van der Waals surface area contributed by atoms with E-state index in [0.717, 1.165) is 33.9 Å². The topological polar surface area (TPSA) is 79.8 Å². The lowest BCUT2D eigenvalue weighted by atomic mass is 10.2. The summed E-state index contributed by atoms with van der Waals surface area (Å²) in [6.45, 7) is 5.36. The molecule has 3 aromatic rings. The Labute approximate surface area is 215 Å². The highest BCUT2D eigenvalue weighted by Crippen LogP contribution is 2.31.